The molecule has 0 saturated carbocycles. The summed E-state index contributed by atoms with van der Waals surface area (Å²) in [7, 11) is 1.76. The Labute approximate surface area is 127 Å². The van der Waals surface area contributed by atoms with Gasteiger partial charge in [-0.05, 0) is 43.5 Å². The highest BCUT2D eigenvalue weighted by Gasteiger charge is 2.23. The lowest BCUT2D eigenvalue weighted by molar-refractivity contribution is 0.480. The van der Waals surface area contributed by atoms with Gasteiger partial charge in [0, 0.05) is 19.1 Å². The van der Waals surface area contributed by atoms with Crippen molar-refractivity contribution in [3.05, 3.63) is 29.3 Å². The maximum atomic E-state index is 14.5. The van der Waals surface area contributed by atoms with Crippen LogP contribution in [-0.2, 0) is 6.54 Å². The third-order valence-corrected chi connectivity index (χ3v) is 3.69. The summed E-state index contributed by atoms with van der Waals surface area (Å²) in [4.78, 5) is 1.90. The Kier molecular flexibility index (Phi) is 7.09. The number of hydrogen-bond donors (Lipinski definition) is 1. The summed E-state index contributed by atoms with van der Waals surface area (Å²) in [5, 5.41) is 2.92. The Hall–Kier alpha value is -1.16. The second-order valence-electron chi connectivity index (χ2n) is 5.95. The van der Waals surface area contributed by atoms with Gasteiger partial charge in [-0.2, -0.15) is 0 Å². The summed E-state index contributed by atoms with van der Waals surface area (Å²) < 4.78 is 28.9. The molecule has 2 nitrogen and oxygen atoms in total. The minimum absolute atomic E-state index is 0.122. The summed E-state index contributed by atoms with van der Waals surface area (Å²) in [6, 6.07) is 3.03. The first kappa shape index (κ1) is 17.9. The fourth-order valence-corrected chi connectivity index (χ4v) is 2.74. The van der Waals surface area contributed by atoms with E-state index in [1.807, 2.05) is 4.90 Å². The van der Waals surface area contributed by atoms with Gasteiger partial charge in [0.15, 0.2) is 0 Å². The fourth-order valence-electron chi connectivity index (χ4n) is 2.74. The zero-order valence-electron chi connectivity index (χ0n) is 13.8. The molecule has 0 saturated heterocycles. The van der Waals surface area contributed by atoms with Crippen LogP contribution in [0.2, 0.25) is 0 Å². The fraction of sp³-hybridized carbons (Fsp3) is 0.647. The highest BCUT2D eigenvalue weighted by Crippen LogP contribution is 2.29. The number of anilines is 1. The standard InChI is InChI=1S/C17H28F2N2/c1-6-14(7-2)21(11-12(3)4)17-15(18)8-13(10-20-5)9-16(17)19/h8-9,12,14,20H,6-7,10-11H2,1-5H3. The van der Waals surface area contributed by atoms with Crippen LogP contribution in [0, 0.1) is 17.6 Å². The second-order valence-corrected chi connectivity index (χ2v) is 5.95. The van der Waals surface area contributed by atoms with Crippen molar-refractivity contribution in [3.8, 4) is 0 Å². The zero-order valence-corrected chi connectivity index (χ0v) is 13.8. The van der Waals surface area contributed by atoms with Gasteiger partial charge in [0.25, 0.3) is 0 Å². The molecule has 0 atom stereocenters. The molecule has 0 bridgehead atoms. The van der Waals surface area contributed by atoms with Gasteiger partial charge in [-0.25, -0.2) is 8.78 Å². The molecule has 0 aliphatic heterocycles. The van der Waals surface area contributed by atoms with Crippen molar-refractivity contribution in [1.82, 2.24) is 5.32 Å². The molecule has 0 aliphatic carbocycles. The first-order valence-corrected chi connectivity index (χ1v) is 7.83. The van der Waals surface area contributed by atoms with E-state index in [0.717, 1.165) is 12.8 Å². The predicted octanol–water partition coefficient (Wildman–Crippen LogP) is 4.34. The molecular formula is C17H28F2N2. The quantitative estimate of drug-likeness (QED) is 0.768. The smallest absolute Gasteiger partial charge is 0.149 e. The molecule has 1 rings (SSSR count). The third kappa shape index (κ3) is 4.67. The molecule has 21 heavy (non-hydrogen) atoms. The first-order chi connectivity index (χ1) is 9.94. The van der Waals surface area contributed by atoms with Crippen LogP contribution in [0.5, 0.6) is 0 Å². The monoisotopic (exact) mass is 298 g/mol. The normalized spacial score (nSPS) is 11.5. The molecule has 0 spiro atoms. The summed E-state index contributed by atoms with van der Waals surface area (Å²) >= 11 is 0. The average Bonchev–Trinajstić information content (AvgIpc) is 2.38. The van der Waals surface area contributed by atoms with Gasteiger partial charge in [0.2, 0.25) is 0 Å². The van der Waals surface area contributed by atoms with E-state index in [2.05, 4.69) is 33.0 Å². The van der Waals surface area contributed by atoms with E-state index in [9.17, 15) is 8.78 Å². The van der Waals surface area contributed by atoms with E-state index in [1.165, 1.54) is 12.1 Å². The van der Waals surface area contributed by atoms with E-state index < -0.39 is 11.6 Å². The van der Waals surface area contributed by atoms with Gasteiger partial charge in [0.1, 0.15) is 17.3 Å². The maximum absolute atomic E-state index is 14.5. The molecule has 0 heterocycles. The Morgan fingerprint density at radius 3 is 2.00 bits per heavy atom. The van der Waals surface area contributed by atoms with Crippen LogP contribution >= 0.6 is 0 Å². The Morgan fingerprint density at radius 2 is 1.62 bits per heavy atom. The molecule has 0 radical (unpaired) electrons. The van der Waals surface area contributed by atoms with E-state index in [4.69, 9.17) is 0 Å². The van der Waals surface area contributed by atoms with Gasteiger partial charge < -0.3 is 10.2 Å². The molecular weight excluding hydrogens is 270 g/mol. The first-order valence-electron chi connectivity index (χ1n) is 7.83. The van der Waals surface area contributed by atoms with E-state index >= 15 is 0 Å². The van der Waals surface area contributed by atoms with Crippen molar-refractivity contribution < 1.29 is 8.78 Å². The van der Waals surface area contributed by atoms with Crippen LogP contribution in [0.1, 0.15) is 46.1 Å². The lowest BCUT2D eigenvalue weighted by Gasteiger charge is -2.34. The molecule has 1 N–H and O–H groups in total. The molecule has 120 valence electrons. The van der Waals surface area contributed by atoms with E-state index in [0.29, 0.717) is 24.6 Å². The summed E-state index contributed by atoms with van der Waals surface area (Å²) in [5.74, 6) is -0.581. The lowest BCUT2D eigenvalue weighted by atomic mass is 10.0. The zero-order chi connectivity index (χ0) is 16.0. The molecule has 1 aromatic rings. The van der Waals surface area contributed by atoms with Crippen molar-refractivity contribution in [2.75, 3.05) is 18.5 Å². The van der Waals surface area contributed by atoms with E-state index in [-0.39, 0.29) is 11.7 Å². The highest BCUT2D eigenvalue weighted by atomic mass is 19.1. The largest absolute Gasteiger partial charge is 0.364 e. The van der Waals surface area contributed by atoms with Gasteiger partial charge >= 0.3 is 0 Å². The van der Waals surface area contributed by atoms with Gasteiger partial charge in [-0.15, -0.1) is 0 Å². The van der Waals surface area contributed by atoms with Crippen molar-refractivity contribution in [2.45, 2.75) is 53.1 Å². The van der Waals surface area contributed by atoms with Crippen LogP contribution in [0.4, 0.5) is 14.5 Å². The Morgan fingerprint density at radius 1 is 1.10 bits per heavy atom. The summed E-state index contributed by atoms with van der Waals surface area (Å²) in [5.41, 5.74) is 0.752. The lowest BCUT2D eigenvalue weighted by Crippen LogP contribution is -2.38. The highest BCUT2D eigenvalue weighted by molar-refractivity contribution is 5.51. The van der Waals surface area contributed by atoms with Crippen LogP contribution in [-0.4, -0.2) is 19.6 Å². The SMILES string of the molecule is CCC(CC)N(CC(C)C)c1c(F)cc(CNC)cc1F. The minimum atomic E-state index is -0.465. The van der Waals surface area contributed by atoms with Crippen molar-refractivity contribution in [1.29, 1.82) is 0 Å². The van der Waals surface area contributed by atoms with E-state index in [1.54, 1.807) is 7.05 Å². The number of nitrogens with zero attached hydrogens (tertiary/aromatic N) is 1. The number of hydrogen-bond acceptors (Lipinski definition) is 2. The molecule has 0 unspecified atom stereocenters. The average molecular weight is 298 g/mol. The van der Waals surface area contributed by atoms with Gasteiger partial charge in [-0.3, -0.25) is 0 Å². The van der Waals surface area contributed by atoms with Crippen LogP contribution in [0.25, 0.3) is 0 Å². The molecule has 0 amide bonds. The molecule has 0 fully saturated rings. The predicted molar refractivity (Wildman–Crippen MR) is 85.7 cm³/mol. The molecule has 1 aromatic carbocycles. The molecule has 0 aliphatic rings. The van der Waals surface area contributed by atoms with Crippen LogP contribution in [0.3, 0.4) is 0 Å². The van der Waals surface area contributed by atoms with Crippen LogP contribution in [0.15, 0.2) is 12.1 Å². The van der Waals surface area contributed by atoms with Crippen molar-refractivity contribution in [2.24, 2.45) is 5.92 Å². The number of nitrogens with one attached hydrogen (secondary N) is 1. The summed E-state index contributed by atoms with van der Waals surface area (Å²) in [6.45, 7) is 9.38. The minimum Gasteiger partial charge on any atom is -0.364 e. The topological polar surface area (TPSA) is 15.3 Å². The Bertz CT molecular complexity index is 419. The van der Waals surface area contributed by atoms with Crippen molar-refractivity contribution >= 4 is 5.69 Å². The number of rotatable bonds is 8. The van der Waals surface area contributed by atoms with Gasteiger partial charge in [-0.1, -0.05) is 27.7 Å². The molecule has 4 heteroatoms. The third-order valence-electron chi connectivity index (χ3n) is 3.69. The maximum Gasteiger partial charge on any atom is 0.149 e. The van der Waals surface area contributed by atoms with Crippen LogP contribution < -0.4 is 10.2 Å². The number of benzene rings is 1. The number of halogens is 2. The Balaban J connectivity index is 3.23. The van der Waals surface area contributed by atoms with Gasteiger partial charge in [0.05, 0.1) is 0 Å². The second kappa shape index (κ2) is 8.32. The van der Waals surface area contributed by atoms with Crippen molar-refractivity contribution in [3.63, 3.8) is 0 Å². The molecule has 0 aromatic heterocycles. The summed E-state index contributed by atoms with van der Waals surface area (Å²) in [6.07, 6.45) is 1.75.